The molecule has 0 radical (unpaired) electrons. The maximum absolute atomic E-state index is 12.2. The molecule has 0 amide bonds. The molecule has 0 aliphatic carbocycles. The van der Waals surface area contributed by atoms with Crippen LogP contribution in [-0.4, -0.2) is 19.5 Å². The molecule has 0 spiro atoms. The largest absolute Gasteiger partial charge is 0.508 e. The number of phenolic OH excluding ortho intramolecular Hbond substituents is 1. The Bertz CT molecular complexity index is 731. The first-order valence-corrected chi connectivity index (χ1v) is 7.81. The molecule has 21 heavy (non-hydrogen) atoms. The highest BCUT2D eigenvalue weighted by molar-refractivity contribution is 7.90. The van der Waals surface area contributed by atoms with Crippen molar-refractivity contribution in [2.24, 2.45) is 0 Å². The topological polar surface area (TPSA) is 80.7 Å². The van der Waals surface area contributed by atoms with Crippen LogP contribution in [0.1, 0.15) is 12.5 Å². The molecule has 0 saturated heterocycles. The number of benzene rings is 2. The minimum absolute atomic E-state index is 0.0136. The van der Waals surface area contributed by atoms with E-state index >= 15 is 0 Å². The van der Waals surface area contributed by atoms with Crippen LogP contribution in [0.5, 0.6) is 11.5 Å². The molecule has 2 rings (SSSR count). The minimum atomic E-state index is -3.48. The molecule has 6 heteroatoms. The fourth-order valence-electron chi connectivity index (χ4n) is 1.78. The first-order chi connectivity index (χ1) is 9.87. The second-order valence-electron chi connectivity index (χ2n) is 4.49. The van der Waals surface area contributed by atoms with Gasteiger partial charge in [0.1, 0.15) is 11.5 Å². The summed E-state index contributed by atoms with van der Waals surface area (Å²) in [6.07, 6.45) is 0. The molecule has 0 aliphatic heterocycles. The standard InChI is InChI=1S/C15H14O5S/c1-11(16)20-14-6-2-12(3-7-14)10-21(18,19)15-8-4-13(17)5-9-15/h2-9,17H,10H2,1H3. The van der Waals surface area contributed by atoms with Crippen LogP contribution >= 0.6 is 0 Å². The van der Waals surface area contributed by atoms with Crippen LogP contribution in [0.2, 0.25) is 0 Å². The van der Waals surface area contributed by atoms with Crippen molar-refractivity contribution in [3.8, 4) is 11.5 Å². The molecule has 0 fully saturated rings. The Morgan fingerprint density at radius 1 is 1.05 bits per heavy atom. The van der Waals surface area contributed by atoms with Crippen molar-refractivity contribution in [1.82, 2.24) is 0 Å². The van der Waals surface area contributed by atoms with Crippen molar-refractivity contribution < 1.29 is 23.1 Å². The fourth-order valence-corrected chi connectivity index (χ4v) is 3.12. The predicted octanol–water partition coefficient (Wildman–Crippen LogP) is 2.29. The summed E-state index contributed by atoms with van der Waals surface area (Å²) in [6, 6.07) is 11.7. The van der Waals surface area contributed by atoms with E-state index < -0.39 is 15.8 Å². The average Bonchev–Trinajstić information content (AvgIpc) is 2.40. The third-order valence-electron chi connectivity index (χ3n) is 2.74. The van der Waals surface area contributed by atoms with E-state index in [0.717, 1.165) is 0 Å². The lowest BCUT2D eigenvalue weighted by molar-refractivity contribution is -0.131. The molecule has 110 valence electrons. The van der Waals surface area contributed by atoms with E-state index in [1.807, 2.05) is 0 Å². The zero-order valence-electron chi connectivity index (χ0n) is 11.3. The Hall–Kier alpha value is -2.34. The quantitative estimate of drug-likeness (QED) is 0.692. The number of esters is 1. The van der Waals surface area contributed by atoms with Crippen LogP contribution in [0.3, 0.4) is 0 Å². The molecule has 2 aromatic rings. The van der Waals surface area contributed by atoms with Crippen molar-refractivity contribution in [1.29, 1.82) is 0 Å². The van der Waals surface area contributed by atoms with Gasteiger partial charge in [-0.15, -0.1) is 0 Å². The van der Waals surface area contributed by atoms with Crippen LogP contribution in [0.25, 0.3) is 0 Å². The van der Waals surface area contributed by atoms with Gasteiger partial charge in [0.25, 0.3) is 0 Å². The summed E-state index contributed by atoms with van der Waals surface area (Å²) in [6.45, 7) is 1.29. The molecule has 1 N–H and O–H groups in total. The number of ether oxygens (including phenoxy) is 1. The zero-order chi connectivity index (χ0) is 15.5. The van der Waals surface area contributed by atoms with Crippen molar-refractivity contribution in [2.45, 2.75) is 17.6 Å². The third kappa shape index (κ3) is 4.06. The second kappa shape index (κ2) is 5.97. The van der Waals surface area contributed by atoms with Gasteiger partial charge in [0, 0.05) is 6.92 Å². The van der Waals surface area contributed by atoms with Gasteiger partial charge < -0.3 is 9.84 Å². The highest BCUT2D eigenvalue weighted by Crippen LogP contribution is 2.20. The molecule has 0 aliphatic rings. The lowest BCUT2D eigenvalue weighted by atomic mass is 10.2. The number of hydrogen-bond acceptors (Lipinski definition) is 5. The maximum atomic E-state index is 12.2. The predicted molar refractivity (Wildman–Crippen MR) is 76.7 cm³/mol. The Balaban J connectivity index is 2.16. The molecule has 0 aromatic heterocycles. The minimum Gasteiger partial charge on any atom is -0.508 e. The van der Waals surface area contributed by atoms with E-state index in [0.29, 0.717) is 11.3 Å². The summed E-state index contributed by atoms with van der Waals surface area (Å²) in [7, 11) is -3.48. The summed E-state index contributed by atoms with van der Waals surface area (Å²) < 4.78 is 29.3. The zero-order valence-corrected chi connectivity index (χ0v) is 12.1. The number of phenols is 1. The van der Waals surface area contributed by atoms with Crippen molar-refractivity contribution in [2.75, 3.05) is 0 Å². The summed E-state index contributed by atoms with van der Waals surface area (Å²) >= 11 is 0. The molecule has 0 heterocycles. The molecule has 0 bridgehead atoms. The van der Waals surface area contributed by atoms with Crippen LogP contribution < -0.4 is 4.74 Å². The summed E-state index contributed by atoms with van der Waals surface area (Å²) in [5.41, 5.74) is 0.582. The Kier molecular flexibility index (Phi) is 4.28. The number of aromatic hydroxyl groups is 1. The third-order valence-corrected chi connectivity index (χ3v) is 4.44. The van der Waals surface area contributed by atoms with Crippen molar-refractivity contribution in [3.63, 3.8) is 0 Å². The monoisotopic (exact) mass is 306 g/mol. The van der Waals surface area contributed by atoms with Crippen LogP contribution in [0.4, 0.5) is 0 Å². The van der Waals surface area contributed by atoms with Gasteiger partial charge in [-0.05, 0) is 42.0 Å². The smallest absolute Gasteiger partial charge is 0.308 e. The molecule has 0 unspecified atom stereocenters. The highest BCUT2D eigenvalue weighted by Gasteiger charge is 2.15. The summed E-state index contributed by atoms with van der Waals surface area (Å²) in [4.78, 5) is 10.9. The lowest BCUT2D eigenvalue weighted by Gasteiger charge is -2.06. The molecule has 2 aromatic carbocycles. The van der Waals surface area contributed by atoms with Gasteiger partial charge in [0.2, 0.25) is 0 Å². The van der Waals surface area contributed by atoms with Gasteiger partial charge in [-0.3, -0.25) is 4.79 Å². The number of hydrogen-bond donors (Lipinski definition) is 1. The van der Waals surface area contributed by atoms with Gasteiger partial charge in [-0.25, -0.2) is 8.42 Å². The first kappa shape index (κ1) is 15.1. The molecule has 5 nitrogen and oxygen atoms in total. The summed E-state index contributed by atoms with van der Waals surface area (Å²) in [5, 5.41) is 9.18. The fraction of sp³-hybridized carbons (Fsp3) is 0.133. The van der Waals surface area contributed by atoms with Crippen LogP contribution in [0, 0.1) is 0 Å². The average molecular weight is 306 g/mol. The Labute approximate surface area is 122 Å². The highest BCUT2D eigenvalue weighted by atomic mass is 32.2. The number of carbonyl (C=O) groups is 1. The SMILES string of the molecule is CC(=O)Oc1ccc(CS(=O)(=O)c2ccc(O)cc2)cc1. The van der Waals surface area contributed by atoms with Gasteiger partial charge in [0.05, 0.1) is 10.6 Å². The number of sulfone groups is 1. The van der Waals surface area contributed by atoms with Gasteiger partial charge in [0.15, 0.2) is 9.84 Å². The van der Waals surface area contributed by atoms with Gasteiger partial charge in [-0.1, -0.05) is 12.1 Å². The normalized spacial score (nSPS) is 11.1. The van der Waals surface area contributed by atoms with E-state index in [-0.39, 0.29) is 16.4 Å². The maximum Gasteiger partial charge on any atom is 0.308 e. The molecular formula is C15H14O5S. The Morgan fingerprint density at radius 3 is 2.14 bits per heavy atom. The van der Waals surface area contributed by atoms with E-state index in [4.69, 9.17) is 4.74 Å². The molecular weight excluding hydrogens is 292 g/mol. The Morgan fingerprint density at radius 2 is 1.62 bits per heavy atom. The lowest BCUT2D eigenvalue weighted by Crippen LogP contribution is -2.05. The van der Waals surface area contributed by atoms with Crippen LogP contribution in [0.15, 0.2) is 53.4 Å². The van der Waals surface area contributed by atoms with E-state index in [9.17, 15) is 18.3 Å². The number of carbonyl (C=O) groups excluding carboxylic acids is 1. The first-order valence-electron chi connectivity index (χ1n) is 6.16. The van der Waals surface area contributed by atoms with E-state index in [1.54, 1.807) is 24.3 Å². The molecule has 0 atom stereocenters. The van der Waals surface area contributed by atoms with E-state index in [2.05, 4.69) is 0 Å². The molecule has 0 saturated carbocycles. The number of rotatable bonds is 4. The van der Waals surface area contributed by atoms with Crippen molar-refractivity contribution >= 4 is 15.8 Å². The van der Waals surface area contributed by atoms with E-state index in [1.165, 1.54) is 31.2 Å². The summed E-state index contributed by atoms with van der Waals surface area (Å²) in [5.74, 6) is -0.217. The van der Waals surface area contributed by atoms with Gasteiger partial charge in [-0.2, -0.15) is 0 Å². The van der Waals surface area contributed by atoms with Crippen molar-refractivity contribution in [3.05, 3.63) is 54.1 Å². The second-order valence-corrected chi connectivity index (χ2v) is 6.48. The van der Waals surface area contributed by atoms with Crippen LogP contribution in [-0.2, 0) is 20.4 Å². The van der Waals surface area contributed by atoms with Gasteiger partial charge >= 0.3 is 5.97 Å².